The number of likely N-dealkylation sites (tertiary alicyclic amines) is 1. The van der Waals surface area contributed by atoms with E-state index in [-0.39, 0.29) is 17.2 Å². The van der Waals surface area contributed by atoms with Gasteiger partial charge >= 0.3 is 6.61 Å². The van der Waals surface area contributed by atoms with E-state index in [1.54, 1.807) is 12.1 Å². The quantitative estimate of drug-likeness (QED) is 0.816. The fourth-order valence-corrected chi connectivity index (χ4v) is 2.57. The van der Waals surface area contributed by atoms with Gasteiger partial charge in [-0.1, -0.05) is 18.2 Å². The van der Waals surface area contributed by atoms with E-state index in [4.69, 9.17) is 0 Å². The molecule has 1 heterocycles. The van der Waals surface area contributed by atoms with Crippen molar-refractivity contribution < 1.29 is 23.1 Å². The van der Waals surface area contributed by atoms with Gasteiger partial charge in [0.2, 0.25) is 5.91 Å². The number of para-hydroxylation sites is 1. The van der Waals surface area contributed by atoms with Crippen molar-refractivity contribution in [2.45, 2.75) is 25.5 Å². The molecule has 1 N–H and O–H groups in total. The van der Waals surface area contributed by atoms with E-state index in [1.807, 2.05) is 0 Å². The number of nitrogens with one attached hydrogen (secondary N) is 1. The van der Waals surface area contributed by atoms with Crippen LogP contribution in [0.3, 0.4) is 0 Å². The van der Waals surface area contributed by atoms with Gasteiger partial charge in [0.15, 0.2) is 0 Å². The summed E-state index contributed by atoms with van der Waals surface area (Å²) in [5, 5.41) is 2.66. The standard InChI is InChI=1S/C16H18F2N2O3/c1-2-9-19-14(21)12-7-5-10-20(12)15(22)11-6-3-4-8-13(11)23-16(17)18/h2-4,6,8,12,16H,1,5,7,9-10H2,(H,19,21). The molecule has 1 fully saturated rings. The normalized spacial score (nSPS) is 17.2. The zero-order valence-electron chi connectivity index (χ0n) is 12.5. The van der Waals surface area contributed by atoms with Crippen molar-refractivity contribution in [3.63, 3.8) is 0 Å². The summed E-state index contributed by atoms with van der Waals surface area (Å²) in [6.07, 6.45) is 2.76. The largest absolute Gasteiger partial charge is 0.434 e. The number of hydrogen-bond donors (Lipinski definition) is 1. The molecule has 1 aromatic carbocycles. The van der Waals surface area contributed by atoms with Crippen molar-refractivity contribution >= 4 is 11.8 Å². The first-order chi connectivity index (χ1) is 11.0. The molecular formula is C16H18F2N2O3. The van der Waals surface area contributed by atoms with E-state index in [0.29, 0.717) is 25.9 Å². The summed E-state index contributed by atoms with van der Waals surface area (Å²) in [7, 11) is 0. The molecule has 0 bridgehead atoms. The Hall–Kier alpha value is -2.44. The Morgan fingerprint density at radius 2 is 2.17 bits per heavy atom. The molecular weight excluding hydrogens is 306 g/mol. The topological polar surface area (TPSA) is 58.6 Å². The summed E-state index contributed by atoms with van der Waals surface area (Å²) >= 11 is 0. The predicted octanol–water partition coefficient (Wildman–Crippen LogP) is 2.19. The summed E-state index contributed by atoms with van der Waals surface area (Å²) in [6.45, 7) is 1.20. The Morgan fingerprint density at radius 3 is 2.87 bits per heavy atom. The van der Waals surface area contributed by atoms with Gasteiger partial charge in [0.1, 0.15) is 11.8 Å². The van der Waals surface area contributed by atoms with Crippen LogP contribution >= 0.6 is 0 Å². The molecule has 1 saturated heterocycles. The minimum absolute atomic E-state index is 0.0243. The number of hydrogen-bond acceptors (Lipinski definition) is 3. The summed E-state index contributed by atoms with van der Waals surface area (Å²) in [5.41, 5.74) is 0.0243. The maximum absolute atomic E-state index is 12.6. The van der Waals surface area contributed by atoms with Gasteiger partial charge in [-0.2, -0.15) is 8.78 Å². The molecule has 1 aliphatic rings. The van der Waals surface area contributed by atoms with Gasteiger partial charge < -0.3 is 15.0 Å². The molecule has 0 radical (unpaired) electrons. The lowest BCUT2D eigenvalue weighted by molar-refractivity contribution is -0.124. The van der Waals surface area contributed by atoms with Gasteiger partial charge in [0, 0.05) is 13.1 Å². The highest BCUT2D eigenvalue weighted by atomic mass is 19.3. The van der Waals surface area contributed by atoms with E-state index in [9.17, 15) is 18.4 Å². The van der Waals surface area contributed by atoms with Crippen LogP contribution in [0.5, 0.6) is 5.75 Å². The molecule has 23 heavy (non-hydrogen) atoms. The molecule has 1 aromatic rings. The minimum atomic E-state index is -3.02. The number of carbonyl (C=O) groups excluding carboxylic acids is 2. The molecule has 1 atom stereocenters. The van der Waals surface area contributed by atoms with Crippen LogP contribution in [0.2, 0.25) is 0 Å². The van der Waals surface area contributed by atoms with Crippen LogP contribution in [0, 0.1) is 0 Å². The average molecular weight is 324 g/mol. The van der Waals surface area contributed by atoms with Crippen LogP contribution < -0.4 is 10.1 Å². The second-order valence-electron chi connectivity index (χ2n) is 5.07. The van der Waals surface area contributed by atoms with Crippen molar-refractivity contribution in [1.82, 2.24) is 10.2 Å². The predicted molar refractivity (Wildman–Crippen MR) is 80.3 cm³/mol. The number of benzene rings is 1. The maximum atomic E-state index is 12.6. The lowest BCUT2D eigenvalue weighted by Gasteiger charge is -2.24. The van der Waals surface area contributed by atoms with E-state index >= 15 is 0 Å². The minimum Gasteiger partial charge on any atom is -0.434 e. The summed E-state index contributed by atoms with van der Waals surface area (Å²) < 4.78 is 29.3. The van der Waals surface area contributed by atoms with Gasteiger partial charge in [-0.15, -0.1) is 6.58 Å². The molecule has 2 rings (SSSR count). The third-order valence-corrected chi connectivity index (χ3v) is 3.57. The Morgan fingerprint density at radius 1 is 1.43 bits per heavy atom. The van der Waals surface area contributed by atoms with E-state index in [0.717, 1.165) is 0 Å². The van der Waals surface area contributed by atoms with Crippen molar-refractivity contribution in [2.75, 3.05) is 13.1 Å². The smallest absolute Gasteiger partial charge is 0.387 e. The highest BCUT2D eigenvalue weighted by molar-refractivity contribution is 6.00. The molecule has 7 heteroatoms. The van der Waals surface area contributed by atoms with Crippen molar-refractivity contribution in [2.24, 2.45) is 0 Å². The number of rotatable bonds is 6. The highest BCUT2D eigenvalue weighted by Gasteiger charge is 2.35. The fraction of sp³-hybridized carbons (Fsp3) is 0.375. The monoisotopic (exact) mass is 324 g/mol. The first kappa shape index (κ1) is 16.9. The molecule has 5 nitrogen and oxygen atoms in total. The van der Waals surface area contributed by atoms with E-state index < -0.39 is 18.6 Å². The Labute approximate surface area is 132 Å². The Bertz CT molecular complexity index is 592. The number of nitrogens with zero attached hydrogens (tertiary/aromatic N) is 1. The van der Waals surface area contributed by atoms with Crippen molar-refractivity contribution in [3.05, 3.63) is 42.5 Å². The third-order valence-electron chi connectivity index (χ3n) is 3.57. The first-order valence-electron chi connectivity index (χ1n) is 7.28. The van der Waals surface area contributed by atoms with Crippen molar-refractivity contribution in [3.8, 4) is 5.75 Å². The SMILES string of the molecule is C=CCNC(=O)C1CCCN1C(=O)c1ccccc1OC(F)F. The number of ether oxygens (including phenoxy) is 1. The molecule has 0 saturated carbocycles. The zero-order chi connectivity index (χ0) is 16.8. The molecule has 124 valence electrons. The van der Waals surface area contributed by atoms with Crippen LogP contribution in [0.4, 0.5) is 8.78 Å². The van der Waals surface area contributed by atoms with Gasteiger partial charge in [0.25, 0.3) is 5.91 Å². The molecule has 0 spiro atoms. The van der Waals surface area contributed by atoms with Crippen LogP contribution in [0.1, 0.15) is 23.2 Å². The summed E-state index contributed by atoms with van der Waals surface area (Å²) in [5.74, 6) is -0.954. The van der Waals surface area contributed by atoms with Gasteiger partial charge in [-0.05, 0) is 25.0 Å². The molecule has 1 unspecified atom stereocenters. The number of amides is 2. The number of carbonyl (C=O) groups is 2. The van der Waals surface area contributed by atoms with Gasteiger partial charge in [-0.3, -0.25) is 9.59 Å². The molecule has 1 aliphatic heterocycles. The second kappa shape index (κ2) is 7.71. The van der Waals surface area contributed by atoms with E-state index in [2.05, 4.69) is 16.6 Å². The van der Waals surface area contributed by atoms with Gasteiger partial charge in [0.05, 0.1) is 5.56 Å². The number of alkyl halides is 2. The van der Waals surface area contributed by atoms with Gasteiger partial charge in [-0.25, -0.2) is 0 Å². The first-order valence-corrected chi connectivity index (χ1v) is 7.28. The molecule has 2 amide bonds. The molecule has 0 aromatic heterocycles. The lowest BCUT2D eigenvalue weighted by atomic mass is 10.1. The third kappa shape index (κ3) is 4.06. The van der Waals surface area contributed by atoms with Crippen LogP contribution in [-0.4, -0.2) is 42.5 Å². The maximum Gasteiger partial charge on any atom is 0.387 e. The highest BCUT2D eigenvalue weighted by Crippen LogP contribution is 2.26. The van der Waals surface area contributed by atoms with Crippen LogP contribution in [-0.2, 0) is 4.79 Å². The Balaban J connectivity index is 2.19. The summed E-state index contributed by atoms with van der Waals surface area (Å²) in [4.78, 5) is 26.1. The van der Waals surface area contributed by atoms with Crippen LogP contribution in [0.25, 0.3) is 0 Å². The lowest BCUT2D eigenvalue weighted by Crippen LogP contribution is -2.46. The number of halogens is 2. The second-order valence-corrected chi connectivity index (χ2v) is 5.07. The fourth-order valence-electron chi connectivity index (χ4n) is 2.57. The van der Waals surface area contributed by atoms with E-state index in [1.165, 1.54) is 23.1 Å². The van der Waals surface area contributed by atoms with Crippen LogP contribution in [0.15, 0.2) is 36.9 Å². The summed E-state index contributed by atoms with van der Waals surface area (Å²) in [6, 6.07) is 5.18. The van der Waals surface area contributed by atoms with Crippen molar-refractivity contribution in [1.29, 1.82) is 0 Å². The molecule has 0 aliphatic carbocycles. The Kier molecular flexibility index (Phi) is 5.67. The average Bonchev–Trinajstić information content (AvgIpc) is 3.01. The zero-order valence-corrected chi connectivity index (χ0v) is 12.5.